The lowest BCUT2D eigenvalue weighted by atomic mass is 9.99. The summed E-state index contributed by atoms with van der Waals surface area (Å²) >= 11 is 0. The standard InChI is InChI=1S/C14H18O5/c1-16-12-6-9(7-13(17-2)14(12)18-3)11-8-10(15)4-5-19-11/h6-7,11H,4-5,8H2,1-3H3. The van der Waals surface area contributed by atoms with Gasteiger partial charge in [-0.2, -0.15) is 0 Å². The second-order valence-corrected chi connectivity index (χ2v) is 4.31. The zero-order chi connectivity index (χ0) is 13.8. The van der Waals surface area contributed by atoms with Crippen LogP contribution in [0, 0.1) is 0 Å². The van der Waals surface area contributed by atoms with E-state index in [0.29, 0.717) is 36.7 Å². The van der Waals surface area contributed by atoms with Gasteiger partial charge in [0.1, 0.15) is 5.78 Å². The van der Waals surface area contributed by atoms with E-state index in [-0.39, 0.29) is 11.9 Å². The summed E-state index contributed by atoms with van der Waals surface area (Å²) in [5.41, 5.74) is 0.863. The number of carbonyl (C=O) groups is 1. The maximum atomic E-state index is 11.5. The largest absolute Gasteiger partial charge is 0.493 e. The summed E-state index contributed by atoms with van der Waals surface area (Å²) in [5.74, 6) is 1.89. The lowest BCUT2D eigenvalue weighted by molar-refractivity contribution is -0.128. The Hall–Kier alpha value is -1.75. The van der Waals surface area contributed by atoms with Gasteiger partial charge in [0.2, 0.25) is 5.75 Å². The topological polar surface area (TPSA) is 54.0 Å². The maximum Gasteiger partial charge on any atom is 0.203 e. The lowest BCUT2D eigenvalue weighted by Gasteiger charge is -2.23. The fourth-order valence-corrected chi connectivity index (χ4v) is 2.18. The summed E-state index contributed by atoms with van der Waals surface area (Å²) in [5, 5.41) is 0. The zero-order valence-electron chi connectivity index (χ0n) is 11.4. The normalized spacial score (nSPS) is 19.1. The summed E-state index contributed by atoms with van der Waals surface area (Å²) in [6, 6.07) is 3.65. The van der Waals surface area contributed by atoms with Gasteiger partial charge in [-0.05, 0) is 17.7 Å². The minimum atomic E-state index is -0.241. The van der Waals surface area contributed by atoms with E-state index in [1.54, 1.807) is 21.3 Å². The van der Waals surface area contributed by atoms with Crippen LogP contribution in [0.1, 0.15) is 24.5 Å². The van der Waals surface area contributed by atoms with E-state index in [1.807, 2.05) is 12.1 Å². The number of ether oxygens (including phenoxy) is 4. The Morgan fingerprint density at radius 1 is 1.11 bits per heavy atom. The number of carbonyl (C=O) groups excluding carboxylic acids is 1. The van der Waals surface area contributed by atoms with Crippen LogP contribution < -0.4 is 14.2 Å². The van der Waals surface area contributed by atoms with Crippen LogP contribution >= 0.6 is 0 Å². The maximum absolute atomic E-state index is 11.5. The van der Waals surface area contributed by atoms with Gasteiger partial charge in [-0.15, -0.1) is 0 Å². The Bertz CT molecular complexity index is 444. The first-order valence-corrected chi connectivity index (χ1v) is 6.12. The van der Waals surface area contributed by atoms with Crippen molar-refractivity contribution in [3.8, 4) is 17.2 Å². The van der Waals surface area contributed by atoms with Gasteiger partial charge < -0.3 is 18.9 Å². The molecule has 0 saturated carbocycles. The molecule has 0 amide bonds. The Morgan fingerprint density at radius 3 is 2.21 bits per heavy atom. The number of Topliss-reactive ketones (excluding diaryl/α,β-unsaturated/α-hetero) is 1. The van der Waals surface area contributed by atoms with Crippen molar-refractivity contribution < 1.29 is 23.7 Å². The molecule has 0 radical (unpaired) electrons. The molecule has 2 rings (SSSR count). The number of rotatable bonds is 4. The molecule has 5 nitrogen and oxygen atoms in total. The summed E-state index contributed by atoms with van der Waals surface area (Å²) in [4.78, 5) is 11.5. The van der Waals surface area contributed by atoms with Crippen LogP contribution in [0.5, 0.6) is 17.2 Å². The van der Waals surface area contributed by atoms with Gasteiger partial charge in [-0.25, -0.2) is 0 Å². The Balaban J connectivity index is 2.37. The van der Waals surface area contributed by atoms with Crippen molar-refractivity contribution in [3.63, 3.8) is 0 Å². The number of hydrogen-bond donors (Lipinski definition) is 0. The molecule has 5 heteroatoms. The van der Waals surface area contributed by atoms with E-state index in [1.165, 1.54) is 0 Å². The zero-order valence-corrected chi connectivity index (χ0v) is 11.4. The number of methoxy groups -OCH3 is 3. The van der Waals surface area contributed by atoms with E-state index in [4.69, 9.17) is 18.9 Å². The SMILES string of the molecule is COc1cc(C2CC(=O)CCO2)cc(OC)c1OC. The fraction of sp³-hybridized carbons (Fsp3) is 0.500. The molecule has 0 spiro atoms. The van der Waals surface area contributed by atoms with Gasteiger partial charge in [0.15, 0.2) is 11.5 Å². The van der Waals surface area contributed by atoms with E-state index in [9.17, 15) is 4.79 Å². The van der Waals surface area contributed by atoms with Crippen LogP contribution in [0.25, 0.3) is 0 Å². The third kappa shape index (κ3) is 2.81. The molecule has 0 bridgehead atoms. The van der Waals surface area contributed by atoms with Crippen molar-refractivity contribution in [3.05, 3.63) is 17.7 Å². The molecule has 0 aliphatic carbocycles. The highest BCUT2D eigenvalue weighted by Crippen LogP contribution is 2.41. The van der Waals surface area contributed by atoms with E-state index in [0.717, 1.165) is 5.56 Å². The van der Waals surface area contributed by atoms with Crippen LogP contribution in [0.2, 0.25) is 0 Å². The molecule has 1 aromatic rings. The Labute approximate surface area is 112 Å². The summed E-state index contributed by atoms with van der Waals surface area (Å²) < 4.78 is 21.5. The molecule has 1 aromatic carbocycles. The van der Waals surface area contributed by atoms with Crippen molar-refractivity contribution in [2.75, 3.05) is 27.9 Å². The van der Waals surface area contributed by atoms with Crippen LogP contribution in [-0.4, -0.2) is 33.7 Å². The van der Waals surface area contributed by atoms with Gasteiger partial charge in [0, 0.05) is 12.8 Å². The highest BCUT2D eigenvalue weighted by molar-refractivity contribution is 5.79. The van der Waals surface area contributed by atoms with Gasteiger partial charge in [-0.1, -0.05) is 0 Å². The number of ketones is 1. The first kappa shape index (κ1) is 13.7. The van der Waals surface area contributed by atoms with Crippen LogP contribution in [0.15, 0.2) is 12.1 Å². The van der Waals surface area contributed by atoms with Gasteiger partial charge in [0.25, 0.3) is 0 Å². The lowest BCUT2D eigenvalue weighted by Crippen LogP contribution is -2.19. The molecular weight excluding hydrogens is 248 g/mol. The fourth-order valence-electron chi connectivity index (χ4n) is 2.18. The number of benzene rings is 1. The monoisotopic (exact) mass is 266 g/mol. The molecule has 1 saturated heterocycles. The smallest absolute Gasteiger partial charge is 0.203 e. The molecule has 1 aliphatic rings. The molecular formula is C14H18O5. The predicted molar refractivity (Wildman–Crippen MR) is 69.0 cm³/mol. The molecule has 1 unspecified atom stereocenters. The number of hydrogen-bond acceptors (Lipinski definition) is 5. The molecule has 1 aliphatic heterocycles. The van der Waals surface area contributed by atoms with E-state index in [2.05, 4.69) is 0 Å². The Morgan fingerprint density at radius 2 is 1.74 bits per heavy atom. The molecule has 1 fully saturated rings. The van der Waals surface area contributed by atoms with Gasteiger partial charge in [0.05, 0.1) is 34.0 Å². The highest BCUT2D eigenvalue weighted by Gasteiger charge is 2.24. The summed E-state index contributed by atoms with van der Waals surface area (Å²) in [7, 11) is 4.68. The molecule has 104 valence electrons. The molecule has 1 heterocycles. The van der Waals surface area contributed by atoms with Gasteiger partial charge >= 0.3 is 0 Å². The first-order chi connectivity index (χ1) is 9.19. The average Bonchev–Trinajstić information content (AvgIpc) is 2.45. The first-order valence-electron chi connectivity index (χ1n) is 6.12. The second kappa shape index (κ2) is 5.93. The molecule has 1 atom stereocenters. The Kier molecular flexibility index (Phi) is 4.27. The molecule has 0 N–H and O–H groups in total. The predicted octanol–water partition coefficient (Wildman–Crippen LogP) is 2.13. The third-order valence-electron chi connectivity index (χ3n) is 3.17. The summed E-state index contributed by atoms with van der Waals surface area (Å²) in [6.07, 6.45) is 0.634. The minimum Gasteiger partial charge on any atom is -0.493 e. The highest BCUT2D eigenvalue weighted by atomic mass is 16.5. The van der Waals surface area contributed by atoms with Gasteiger partial charge in [-0.3, -0.25) is 4.79 Å². The third-order valence-corrected chi connectivity index (χ3v) is 3.17. The van der Waals surface area contributed by atoms with Crippen molar-refractivity contribution in [2.24, 2.45) is 0 Å². The van der Waals surface area contributed by atoms with Crippen molar-refractivity contribution in [2.45, 2.75) is 18.9 Å². The van der Waals surface area contributed by atoms with E-state index < -0.39 is 0 Å². The van der Waals surface area contributed by atoms with Crippen molar-refractivity contribution in [1.29, 1.82) is 0 Å². The van der Waals surface area contributed by atoms with Crippen molar-refractivity contribution >= 4 is 5.78 Å². The van der Waals surface area contributed by atoms with Crippen LogP contribution in [0.4, 0.5) is 0 Å². The van der Waals surface area contributed by atoms with Crippen molar-refractivity contribution in [1.82, 2.24) is 0 Å². The summed E-state index contributed by atoms with van der Waals surface area (Å²) in [6.45, 7) is 0.458. The average molecular weight is 266 g/mol. The van der Waals surface area contributed by atoms with E-state index >= 15 is 0 Å². The van der Waals surface area contributed by atoms with Crippen LogP contribution in [-0.2, 0) is 9.53 Å². The molecule has 0 aromatic heterocycles. The second-order valence-electron chi connectivity index (χ2n) is 4.31. The quantitative estimate of drug-likeness (QED) is 0.835. The minimum absolute atomic E-state index is 0.213. The molecule has 19 heavy (non-hydrogen) atoms. The van der Waals surface area contributed by atoms with Crippen LogP contribution in [0.3, 0.4) is 0 Å².